The minimum absolute atomic E-state index is 0.253. The minimum atomic E-state index is 0.253. The Labute approximate surface area is 89.3 Å². The predicted molar refractivity (Wildman–Crippen MR) is 57.6 cm³/mol. The molecular weight excluding hydrogens is 192 g/mol. The second-order valence-electron chi connectivity index (χ2n) is 3.81. The Kier molecular flexibility index (Phi) is 3.01. The van der Waals surface area contributed by atoms with E-state index in [4.69, 9.17) is 10.5 Å². The van der Waals surface area contributed by atoms with Crippen molar-refractivity contribution in [1.82, 2.24) is 14.9 Å². The number of nitrogen functional groups attached to an aromatic ring is 1. The zero-order chi connectivity index (χ0) is 10.7. The first kappa shape index (κ1) is 10.2. The third-order valence-electron chi connectivity index (χ3n) is 2.51. The highest BCUT2D eigenvalue weighted by Gasteiger charge is 2.25. The Morgan fingerprint density at radius 3 is 3.07 bits per heavy atom. The fourth-order valence-corrected chi connectivity index (χ4v) is 1.43. The molecule has 2 N–H and O–H groups in total. The molecule has 0 saturated heterocycles. The zero-order valence-corrected chi connectivity index (χ0v) is 8.89. The van der Waals surface area contributed by atoms with Crippen molar-refractivity contribution in [2.75, 3.05) is 25.9 Å². The average Bonchev–Trinajstić information content (AvgIpc) is 3.00. The predicted octanol–water partition coefficient (Wildman–Crippen LogP) is 0.532. The third-order valence-corrected chi connectivity index (χ3v) is 2.51. The lowest BCUT2D eigenvalue weighted by Gasteiger charge is -2.15. The van der Waals surface area contributed by atoms with Gasteiger partial charge in [0.2, 0.25) is 11.8 Å². The van der Waals surface area contributed by atoms with Crippen LogP contribution in [0.4, 0.5) is 5.95 Å². The largest absolute Gasteiger partial charge is 0.476 e. The molecule has 0 atom stereocenters. The topological polar surface area (TPSA) is 64.3 Å². The lowest BCUT2D eigenvalue weighted by Crippen LogP contribution is -2.26. The standard InChI is InChI=1S/C10H16N4O/c1-14(8-2-3-8)6-7-15-9-4-5-12-10(11)13-9/h4-5,8H,2-3,6-7H2,1H3,(H2,11,12,13). The number of anilines is 1. The molecule has 0 spiro atoms. The number of hydrogen-bond donors (Lipinski definition) is 1. The first-order chi connectivity index (χ1) is 7.25. The highest BCUT2D eigenvalue weighted by Crippen LogP contribution is 2.24. The summed E-state index contributed by atoms with van der Waals surface area (Å²) in [5.41, 5.74) is 5.44. The Morgan fingerprint density at radius 2 is 2.40 bits per heavy atom. The van der Waals surface area contributed by atoms with Gasteiger partial charge in [0.25, 0.3) is 0 Å². The number of aromatic nitrogens is 2. The van der Waals surface area contributed by atoms with E-state index in [1.807, 2.05) is 0 Å². The molecule has 1 aromatic heterocycles. The smallest absolute Gasteiger partial charge is 0.223 e. The summed E-state index contributed by atoms with van der Waals surface area (Å²) >= 11 is 0. The maximum Gasteiger partial charge on any atom is 0.223 e. The van der Waals surface area contributed by atoms with Gasteiger partial charge in [-0.15, -0.1) is 0 Å². The van der Waals surface area contributed by atoms with Gasteiger partial charge in [-0.05, 0) is 19.9 Å². The van der Waals surface area contributed by atoms with E-state index in [1.54, 1.807) is 12.3 Å². The normalized spacial score (nSPS) is 15.6. The van der Waals surface area contributed by atoms with Crippen LogP contribution in [-0.2, 0) is 0 Å². The van der Waals surface area contributed by atoms with Gasteiger partial charge in [-0.25, -0.2) is 4.98 Å². The monoisotopic (exact) mass is 208 g/mol. The first-order valence-electron chi connectivity index (χ1n) is 5.17. The lowest BCUT2D eigenvalue weighted by molar-refractivity contribution is 0.226. The van der Waals surface area contributed by atoms with E-state index >= 15 is 0 Å². The molecule has 1 fully saturated rings. The molecule has 0 unspecified atom stereocenters. The Balaban J connectivity index is 1.73. The summed E-state index contributed by atoms with van der Waals surface area (Å²) in [6, 6.07) is 2.48. The lowest BCUT2D eigenvalue weighted by atomic mass is 10.5. The molecular formula is C10H16N4O. The summed E-state index contributed by atoms with van der Waals surface area (Å²) in [4.78, 5) is 10.1. The van der Waals surface area contributed by atoms with E-state index in [1.165, 1.54) is 12.8 Å². The highest BCUT2D eigenvalue weighted by atomic mass is 16.5. The molecule has 1 aliphatic rings. The molecule has 0 bridgehead atoms. The molecule has 0 aromatic carbocycles. The third kappa shape index (κ3) is 3.06. The Bertz CT molecular complexity index is 327. The van der Waals surface area contributed by atoms with Gasteiger partial charge in [-0.2, -0.15) is 4.98 Å². The summed E-state index contributed by atoms with van der Waals surface area (Å²) in [7, 11) is 2.12. The van der Waals surface area contributed by atoms with E-state index < -0.39 is 0 Å². The van der Waals surface area contributed by atoms with Crippen LogP contribution >= 0.6 is 0 Å². The van der Waals surface area contributed by atoms with Gasteiger partial charge in [0.1, 0.15) is 6.61 Å². The minimum Gasteiger partial charge on any atom is -0.476 e. The number of nitrogens with zero attached hydrogens (tertiary/aromatic N) is 3. The summed E-state index contributed by atoms with van der Waals surface area (Å²) in [6.07, 6.45) is 4.23. The molecule has 82 valence electrons. The van der Waals surface area contributed by atoms with Gasteiger partial charge >= 0.3 is 0 Å². The van der Waals surface area contributed by atoms with Crippen molar-refractivity contribution in [2.45, 2.75) is 18.9 Å². The van der Waals surface area contributed by atoms with Crippen molar-refractivity contribution in [3.05, 3.63) is 12.3 Å². The van der Waals surface area contributed by atoms with Crippen LogP contribution in [0.5, 0.6) is 5.88 Å². The molecule has 1 heterocycles. The second kappa shape index (κ2) is 4.44. The summed E-state index contributed by atoms with van der Waals surface area (Å²) in [6.45, 7) is 1.57. The van der Waals surface area contributed by atoms with Gasteiger partial charge in [0.05, 0.1) is 0 Å². The zero-order valence-electron chi connectivity index (χ0n) is 8.89. The van der Waals surface area contributed by atoms with E-state index in [9.17, 15) is 0 Å². The van der Waals surface area contributed by atoms with Crippen molar-refractivity contribution in [2.24, 2.45) is 0 Å². The van der Waals surface area contributed by atoms with E-state index in [2.05, 4.69) is 21.9 Å². The van der Waals surface area contributed by atoms with Crippen LogP contribution in [0.25, 0.3) is 0 Å². The molecule has 5 heteroatoms. The van der Waals surface area contributed by atoms with Gasteiger partial charge < -0.3 is 15.4 Å². The first-order valence-corrected chi connectivity index (χ1v) is 5.17. The summed E-state index contributed by atoms with van der Waals surface area (Å²) in [5.74, 6) is 0.801. The van der Waals surface area contributed by atoms with Crippen LogP contribution in [0, 0.1) is 0 Å². The van der Waals surface area contributed by atoms with Crippen LogP contribution in [0.2, 0.25) is 0 Å². The fraction of sp³-hybridized carbons (Fsp3) is 0.600. The molecule has 5 nitrogen and oxygen atoms in total. The molecule has 0 radical (unpaired) electrons. The number of nitrogens with two attached hydrogens (primary N) is 1. The van der Waals surface area contributed by atoms with Crippen LogP contribution in [0.1, 0.15) is 12.8 Å². The number of rotatable bonds is 5. The highest BCUT2D eigenvalue weighted by molar-refractivity contribution is 5.20. The van der Waals surface area contributed by atoms with E-state index in [0.717, 1.165) is 12.6 Å². The van der Waals surface area contributed by atoms with Crippen molar-refractivity contribution in [1.29, 1.82) is 0 Å². The van der Waals surface area contributed by atoms with Gasteiger partial charge in [0.15, 0.2) is 0 Å². The van der Waals surface area contributed by atoms with Crippen LogP contribution in [0.3, 0.4) is 0 Å². The van der Waals surface area contributed by atoms with Gasteiger partial charge in [-0.1, -0.05) is 0 Å². The van der Waals surface area contributed by atoms with Gasteiger partial charge in [-0.3, -0.25) is 0 Å². The molecule has 1 saturated carbocycles. The number of ether oxygens (including phenoxy) is 1. The van der Waals surface area contributed by atoms with E-state index in [0.29, 0.717) is 12.5 Å². The Morgan fingerprint density at radius 1 is 1.60 bits per heavy atom. The fourth-order valence-electron chi connectivity index (χ4n) is 1.43. The number of hydrogen-bond acceptors (Lipinski definition) is 5. The molecule has 0 aliphatic heterocycles. The van der Waals surface area contributed by atoms with Crippen molar-refractivity contribution in [3.63, 3.8) is 0 Å². The molecule has 1 aliphatic carbocycles. The summed E-state index contributed by atoms with van der Waals surface area (Å²) < 4.78 is 5.46. The van der Waals surface area contributed by atoms with Crippen molar-refractivity contribution < 1.29 is 4.74 Å². The molecule has 1 aromatic rings. The molecule has 0 amide bonds. The SMILES string of the molecule is CN(CCOc1ccnc(N)n1)C1CC1. The quantitative estimate of drug-likeness (QED) is 0.764. The second-order valence-corrected chi connectivity index (χ2v) is 3.81. The van der Waals surface area contributed by atoms with Gasteiger partial charge in [0, 0.05) is 24.8 Å². The maximum absolute atomic E-state index is 5.46. The Hall–Kier alpha value is -1.36. The average molecular weight is 208 g/mol. The van der Waals surface area contributed by atoms with Crippen LogP contribution in [-0.4, -0.2) is 41.1 Å². The molecule has 15 heavy (non-hydrogen) atoms. The van der Waals surface area contributed by atoms with Crippen LogP contribution in [0.15, 0.2) is 12.3 Å². The molecule has 2 rings (SSSR count). The van der Waals surface area contributed by atoms with Crippen molar-refractivity contribution in [3.8, 4) is 5.88 Å². The van der Waals surface area contributed by atoms with E-state index in [-0.39, 0.29) is 5.95 Å². The van der Waals surface area contributed by atoms with Crippen LogP contribution < -0.4 is 10.5 Å². The van der Waals surface area contributed by atoms with Crippen molar-refractivity contribution >= 4 is 5.95 Å². The number of likely N-dealkylation sites (N-methyl/N-ethyl adjacent to an activating group) is 1. The summed E-state index contributed by atoms with van der Waals surface area (Å²) in [5, 5.41) is 0. The maximum atomic E-state index is 5.46.